The summed E-state index contributed by atoms with van der Waals surface area (Å²) in [4.78, 5) is 6.77. The number of benzene rings is 1. The summed E-state index contributed by atoms with van der Waals surface area (Å²) < 4.78 is 0. The molecule has 2 fully saturated rings. The molecular weight excluding hydrogens is 360 g/mol. The van der Waals surface area contributed by atoms with Crippen LogP contribution in [0.15, 0.2) is 42.6 Å². The van der Waals surface area contributed by atoms with Gasteiger partial charge in [0.15, 0.2) is 0 Å². The smallest absolute Gasteiger partial charge is 0.133 e. The van der Waals surface area contributed by atoms with Crippen LogP contribution in [0.5, 0.6) is 5.75 Å². The molecule has 0 amide bonds. The molecule has 2 N–H and O–H groups in total. The molecular formula is C22H27ClN2O2. The number of halogens is 1. The zero-order valence-corrected chi connectivity index (χ0v) is 16.5. The molecule has 2 aliphatic rings. The third-order valence-corrected chi connectivity index (χ3v) is 6.75. The van der Waals surface area contributed by atoms with Crippen LogP contribution in [0.3, 0.4) is 0 Å². The number of fused-ring (bicyclic) bond motifs is 1. The minimum Gasteiger partial charge on any atom is -0.506 e. The Morgan fingerprint density at radius 2 is 2.07 bits per heavy atom. The third kappa shape index (κ3) is 3.98. The number of rotatable bonds is 5. The minimum absolute atomic E-state index is 0.151. The van der Waals surface area contributed by atoms with E-state index in [4.69, 9.17) is 11.6 Å². The molecule has 0 spiro atoms. The lowest BCUT2D eigenvalue weighted by Gasteiger charge is -2.29. The summed E-state index contributed by atoms with van der Waals surface area (Å²) in [6, 6.07) is 11.4. The molecule has 1 aromatic carbocycles. The number of likely N-dealkylation sites (tertiary alicyclic amines) is 1. The molecule has 5 heteroatoms. The monoisotopic (exact) mass is 386 g/mol. The van der Waals surface area contributed by atoms with Crippen molar-refractivity contribution in [3.8, 4) is 5.75 Å². The van der Waals surface area contributed by atoms with Crippen molar-refractivity contribution in [2.45, 2.75) is 38.2 Å². The van der Waals surface area contributed by atoms with Crippen LogP contribution in [0.1, 0.15) is 31.0 Å². The SMILES string of the molecule is CC12CN(CCc3ccc(O)cn3)CC1CC(O)(Cc1ccccc1Cl)C2. The maximum atomic E-state index is 11.2. The predicted octanol–water partition coefficient (Wildman–Crippen LogP) is 3.69. The van der Waals surface area contributed by atoms with Crippen LogP contribution in [-0.2, 0) is 12.8 Å². The van der Waals surface area contributed by atoms with Gasteiger partial charge in [-0.05, 0) is 47.9 Å². The average Bonchev–Trinajstić information content (AvgIpc) is 3.03. The number of hydrogen-bond donors (Lipinski definition) is 2. The van der Waals surface area contributed by atoms with Gasteiger partial charge in [0.05, 0.1) is 11.8 Å². The highest BCUT2D eigenvalue weighted by Crippen LogP contribution is 2.53. The lowest BCUT2D eigenvalue weighted by atomic mass is 9.82. The van der Waals surface area contributed by atoms with Crippen molar-refractivity contribution < 1.29 is 10.2 Å². The van der Waals surface area contributed by atoms with Crippen molar-refractivity contribution in [2.75, 3.05) is 19.6 Å². The topological polar surface area (TPSA) is 56.6 Å². The first kappa shape index (κ1) is 18.7. The molecule has 1 aromatic heterocycles. The van der Waals surface area contributed by atoms with E-state index in [1.165, 1.54) is 6.20 Å². The molecule has 4 nitrogen and oxygen atoms in total. The average molecular weight is 387 g/mol. The second kappa shape index (κ2) is 7.08. The zero-order valence-electron chi connectivity index (χ0n) is 15.7. The van der Waals surface area contributed by atoms with Crippen molar-refractivity contribution in [1.29, 1.82) is 0 Å². The molecule has 1 saturated carbocycles. The number of aliphatic hydroxyl groups is 1. The number of aromatic hydroxyl groups is 1. The van der Waals surface area contributed by atoms with E-state index < -0.39 is 5.60 Å². The van der Waals surface area contributed by atoms with E-state index >= 15 is 0 Å². The van der Waals surface area contributed by atoms with Crippen LogP contribution in [0.25, 0.3) is 0 Å². The van der Waals surface area contributed by atoms with Crippen molar-refractivity contribution in [3.05, 3.63) is 58.9 Å². The standard InChI is InChI=1S/C22H27ClN2O2/c1-21-14-22(27,10-16-4-2-3-5-20(16)23)11-17(21)13-25(15-21)9-8-18-6-7-19(26)12-24-18/h2-7,12,17,26-27H,8-11,13-15H2,1H3. The van der Waals surface area contributed by atoms with E-state index in [0.29, 0.717) is 12.3 Å². The van der Waals surface area contributed by atoms with Crippen LogP contribution in [-0.4, -0.2) is 45.3 Å². The first-order chi connectivity index (χ1) is 12.9. The van der Waals surface area contributed by atoms with Gasteiger partial charge in [0, 0.05) is 43.2 Å². The van der Waals surface area contributed by atoms with Crippen LogP contribution >= 0.6 is 11.6 Å². The first-order valence-electron chi connectivity index (χ1n) is 9.67. The second-order valence-electron chi connectivity index (χ2n) is 8.72. The van der Waals surface area contributed by atoms with Crippen LogP contribution in [0.4, 0.5) is 0 Å². The quantitative estimate of drug-likeness (QED) is 0.822. The Morgan fingerprint density at radius 3 is 2.78 bits per heavy atom. The van der Waals surface area contributed by atoms with Crippen molar-refractivity contribution in [1.82, 2.24) is 9.88 Å². The molecule has 1 aliphatic heterocycles. The summed E-state index contributed by atoms with van der Waals surface area (Å²) in [5.41, 5.74) is 1.54. The summed E-state index contributed by atoms with van der Waals surface area (Å²) in [6.07, 6.45) is 4.68. The van der Waals surface area contributed by atoms with Gasteiger partial charge in [-0.15, -0.1) is 0 Å². The second-order valence-corrected chi connectivity index (χ2v) is 9.12. The fraction of sp³-hybridized carbons (Fsp3) is 0.500. The number of nitrogens with zero attached hydrogens (tertiary/aromatic N) is 2. The minimum atomic E-state index is -0.658. The molecule has 1 aliphatic carbocycles. The summed E-state index contributed by atoms with van der Waals surface area (Å²) in [5, 5.41) is 21.3. The zero-order chi connectivity index (χ0) is 19.1. The number of aromatic nitrogens is 1. The van der Waals surface area contributed by atoms with Crippen molar-refractivity contribution in [3.63, 3.8) is 0 Å². The Labute approximate surface area is 165 Å². The first-order valence-corrected chi connectivity index (χ1v) is 10.1. The Morgan fingerprint density at radius 1 is 1.26 bits per heavy atom. The fourth-order valence-electron chi connectivity index (χ4n) is 5.17. The summed E-state index contributed by atoms with van der Waals surface area (Å²) >= 11 is 6.31. The van der Waals surface area contributed by atoms with Gasteiger partial charge in [0.2, 0.25) is 0 Å². The molecule has 0 radical (unpaired) electrons. The van der Waals surface area contributed by atoms with Gasteiger partial charge in [-0.3, -0.25) is 4.98 Å². The molecule has 2 heterocycles. The molecule has 4 rings (SSSR count). The fourth-order valence-corrected chi connectivity index (χ4v) is 5.37. The molecule has 144 valence electrons. The summed E-state index contributed by atoms with van der Waals surface area (Å²) in [7, 11) is 0. The largest absolute Gasteiger partial charge is 0.506 e. The summed E-state index contributed by atoms with van der Waals surface area (Å²) in [5.74, 6) is 0.720. The van der Waals surface area contributed by atoms with Crippen LogP contribution in [0, 0.1) is 11.3 Å². The van der Waals surface area contributed by atoms with Gasteiger partial charge in [0.25, 0.3) is 0 Å². The Kier molecular flexibility index (Phi) is 4.91. The molecule has 3 atom stereocenters. The van der Waals surface area contributed by atoms with Crippen molar-refractivity contribution >= 4 is 11.6 Å². The molecule has 0 bridgehead atoms. The number of pyridine rings is 1. The lowest BCUT2D eigenvalue weighted by Crippen LogP contribution is -2.34. The van der Waals surface area contributed by atoms with Gasteiger partial charge in [-0.1, -0.05) is 36.7 Å². The van der Waals surface area contributed by atoms with E-state index in [-0.39, 0.29) is 11.2 Å². The van der Waals surface area contributed by atoms with Gasteiger partial charge >= 0.3 is 0 Å². The Hall–Kier alpha value is -1.62. The lowest BCUT2D eigenvalue weighted by molar-refractivity contribution is 0.0290. The van der Waals surface area contributed by atoms with Gasteiger partial charge < -0.3 is 15.1 Å². The van der Waals surface area contributed by atoms with E-state index in [1.807, 2.05) is 30.3 Å². The van der Waals surface area contributed by atoms with E-state index in [2.05, 4.69) is 16.8 Å². The van der Waals surface area contributed by atoms with Gasteiger partial charge in [-0.25, -0.2) is 0 Å². The highest BCUT2D eigenvalue weighted by molar-refractivity contribution is 6.31. The summed E-state index contributed by atoms with van der Waals surface area (Å²) in [6.45, 7) is 5.33. The Bertz CT molecular complexity index is 812. The van der Waals surface area contributed by atoms with Crippen molar-refractivity contribution in [2.24, 2.45) is 11.3 Å². The van der Waals surface area contributed by atoms with Crippen LogP contribution in [0.2, 0.25) is 5.02 Å². The highest BCUT2D eigenvalue weighted by atomic mass is 35.5. The van der Waals surface area contributed by atoms with E-state index in [9.17, 15) is 10.2 Å². The highest BCUT2D eigenvalue weighted by Gasteiger charge is 2.55. The maximum absolute atomic E-state index is 11.2. The van der Waals surface area contributed by atoms with E-state index in [0.717, 1.165) is 55.2 Å². The molecule has 27 heavy (non-hydrogen) atoms. The normalized spacial score (nSPS) is 30.6. The Balaban J connectivity index is 1.36. The number of hydrogen-bond acceptors (Lipinski definition) is 4. The third-order valence-electron chi connectivity index (χ3n) is 6.38. The van der Waals surface area contributed by atoms with E-state index in [1.54, 1.807) is 6.07 Å². The molecule has 1 saturated heterocycles. The molecule has 2 aromatic rings. The van der Waals surface area contributed by atoms with Gasteiger partial charge in [0.1, 0.15) is 5.75 Å². The van der Waals surface area contributed by atoms with Gasteiger partial charge in [-0.2, -0.15) is 0 Å². The maximum Gasteiger partial charge on any atom is 0.133 e. The molecule has 3 unspecified atom stereocenters. The predicted molar refractivity (Wildman–Crippen MR) is 107 cm³/mol. The van der Waals surface area contributed by atoms with Crippen LogP contribution < -0.4 is 0 Å².